The summed E-state index contributed by atoms with van der Waals surface area (Å²) in [6.45, 7) is 0.442. The molecule has 2 aromatic rings. The van der Waals surface area contributed by atoms with Gasteiger partial charge in [-0.2, -0.15) is 0 Å². The van der Waals surface area contributed by atoms with Crippen LogP contribution in [0.2, 0.25) is 5.02 Å². The second kappa shape index (κ2) is 6.07. The number of benzene rings is 1. The van der Waals surface area contributed by atoms with Gasteiger partial charge in [0.25, 0.3) is 0 Å². The summed E-state index contributed by atoms with van der Waals surface area (Å²) >= 11 is 9.16. The van der Waals surface area contributed by atoms with E-state index in [0.29, 0.717) is 17.5 Å². The van der Waals surface area contributed by atoms with Gasteiger partial charge in [-0.15, -0.1) is 0 Å². The van der Waals surface area contributed by atoms with Gasteiger partial charge < -0.3 is 9.47 Å². The molecule has 0 saturated carbocycles. The number of hydrogen-bond donors (Lipinski definition) is 0. The highest BCUT2D eigenvalue weighted by Gasteiger charge is 2.04. The molecule has 18 heavy (non-hydrogen) atoms. The summed E-state index contributed by atoms with van der Waals surface area (Å²) in [5.74, 6) is 1.35. The second-order valence-corrected chi connectivity index (χ2v) is 4.87. The van der Waals surface area contributed by atoms with Crippen molar-refractivity contribution in [1.29, 1.82) is 0 Å². The van der Waals surface area contributed by atoms with Gasteiger partial charge in [-0.3, -0.25) is 0 Å². The van der Waals surface area contributed by atoms with Crippen LogP contribution in [0.1, 0.15) is 5.56 Å². The van der Waals surface area contributed by atoms with Crippen molar-refractivity contribution in [1.82, 2.24) is 4.98 Å². The number of methoxy groups -OCH3 is 1. The van der Waals surface area contributed by atoms with Crippen molar-refractivity contribution in [3.8, 4) is 11.6 Å². The van der Waals surface area contributed by atoms with E-state index in [4.69, 9.17) is 21.1 Å². The number of nitrogens with zero attached hydrogens (tertiary/aromatic N) is 1. The summed E-state index contributed by atoms with van der Waals surface area (Å²) in [6.07, 6.45) is 1.55. The average molecular weight is 329 g/mol. The molecule has 94 valence electrons. The van der Waals surface area contributed by atoms with Gasteiger partial charge in [-0.1, -0.05) is 23.7 Å². The largest absolute Gasteiger partial charge is 0.497 e. The number of rotatable bonds is 4. The minimum absolute atomic E-state index is 0.442. The van der Waals surface area contributed by atoms with Gasteiger partial charge in [0.1, 0.15) is 12.4 Å². The molecule has 0 fully saturated rings. The van der Waals surface area contributed by atoms with Crippen LogP contribution in [0.5, 0.6) is 11.6 Å². The summed E-state index contributed by atoms with van der Waals surface area (Å²) in [5.41, 5.74) is 1.04. The first-order valence-corrected chi connectivity index (χ1v) is 6.43. The Morgan fingerprint density at radius 2 is 2.00 bits per heavy atom. The maximum absolute atomic E-state index is 5.81. The zero-order valence-corrected chi connectivity index (χ0v) is 12.0. The topological polar surface area (TPSA) is 31.4 Å². The van der Waals surface area contributed by atoms with Crippen LogP contribution in [0.4, 0.5) is 0 Å². The quantitative estimate of drug-likeness (QED) is 0.847. The van der Waals surface area contributed by atoms with E-state index < -0.39 is 0 Å². The predicted octanol–water partition coefficient (Wildman–Crippen LogP) is 4.09. The summed E-state index contributed by atoms with van der Waals surface area (Å²) in [6, 6.07) is 9.43. The molecule has 0 aliphatic carbocycles. The van der Waals surface area contributed by atoms with Crippen molar-refractivity contribution in [3.05, 3.63) is 51.6 Å². The van der Waals surface area contributed by atoms with E-state index in [1.165, 1.54) is 0 Å². The smallest absolute Gasteiger partial charge is 0.228 e. The fraction of sp³-hybridized carbons (Fsp3) is 0.154. The molecule has 1 aromatic heterocycles. The van der Waals surface area contributed by atoms with Gasteiger partial charge in [-0.25, -0.2) is 4.98 Å². The van der Waals surface area contributed by atoms with Crippen LogP contribution in [-0.4, -0.2) is 12.1 Å². The third-order valence-corrected chi connectivity index (χ3v) is 3.08. The summed E-state index contributed by atoms with van der Waals surface area (Å²) in [7, 11) is 1.64. The Hall–Kier alpha value is -1.26. The molecule has 0 unspecified atom stereocenters. The van der Waals surface area contributed by atoms with Crippen molar-refractivity contribution >= 4 is 27.5 Å². The Balaban J connectivity index is 2.02. The monoisotopic (exact) mass is 327 g/mol. The minimum Gasteiger partial charge on any atom is -0.497 e. The van der Waals surface area contributed by atoms with Crippen LogP contribution in [0.25, 0.3) is 0 Å². The lowest BCUT2D eigenvalue weighted by atomic mass is 10.2. The maximum Gasteiger partial charge on any atom is 0.228 e. The van der Waals surface area contributed by atoms with Crippen molar-refractivity contribution in [2.24, 2.45) is 0 Å². The van der Waals surface area contributed by atoms with E-state index in [9.17, 15) is 0 Å². The first kappa shape index (κ1) is 13.2. The zero-order valence-electron chi connectivity index (χ0n) is 9.69. The van der Waals surface area contributed by atoms with Gasteiger partial charge in [0.2, 0.25) is 5.88 Å². The number of halogens is 2. The molecule has 0 saturated heterocycles. The molecule has 0 atom stereocenters. The lowest BCUT2D eigenvalue weighted by molar-refractivity contribution is 0.291. The van der Waals surface area contributed by atoms with Crippen LogP contribution < -0.4 is 9.47 Å². The van der Waals surface area contributed by atoms with E-state index in [2.05, 4.69) is 20.9 Å². The maximum atomic E-state index is 5.81. The van der Waals surface area contributed by atoms with E-state index in [-0.39, 0.29) is 0 Å². The highest BCUT2D eigenvalue weighted by molar-refractivity contribution is 9.10. The Labute approximate surface area is 119 Å². The molecule has 2 rings (SSSR count). The molecule has 5 heteroatoms. The average Bonchev–Trinajstić information content (AvgIpc) is 2.38. The third-order valence-electron chi connectivity index (χ3n) is 2.31. The van der Waals surface area contributed by atoms with Gasteiger partial charge in [0, 0.05) is 6.20 Å². The molecule has 0 N–H and O–H groups in total. The SMILES string of the molecule is COc1ccc(COc2ncc(Cl)cc2Br)cc1. The fourth-order valence-electron chi connectivity index (χ4n) is 1.38. The van der Waals surface area contributed by atoms with Gasteiger partial charge >= 0.3 is 0 Å². The molecule has 3 nitrogen and oxygen atoms in total. The molecular formula is C13H11BrClNO2. The molecule has 0 aliphatic rings. The van der Waals surface area contributed by atoms with Crippen molar-refractivity contribution in [2.45, 2.75) is 6.61 Å². The Morgan fingerprint density at radius 3 is 2.61 bits per heavy atom. The molecule has 0 aliphatic heterocycles. The fourth-order valence-corrected chi connectivity index (χ4v) is 2.13. The summed E-state index contributed by atoms with van der Waals surface area (Å²) in [4.78, 5) is 4.10. The Bertz CT molecular complexity index is 531. The molecule has 0 bridgehead atoms. The van der Waals surface area contributed by atoms with Gasteiger partial charge in [0.05, 0.1) is 16.6 Å². The molecule has 0 radical (unpaired) electrons. The first-order valence-electron chi connectivity index (χ1n) is 5.26. The van der Waals surface area contributed by atoms with Crippen molar-refractivity contribution in [2.75, 3.05) is 7.11 Å². The molecule has 1 aromatic carbocycles. The van der Waals surface area contributed by atoms with E-state index >= 15 is 0 Å². The van der Waals surface area contributed by atoms with E-state index in [0.717, 1.165) is 15.8 Å². The normalized spacial score (nSPS) is 10.2. The standard InChI is InChI=1S/C13H11BrClNO2/c1-17-11-4-2-9(3-5-11)8-18-13-12(14)6-10(15)7-16-13/h2-7H,8H2,1H3. The van der Waals surface area contributed by atoms with Gasteiger partial charge in [0.15, 0.2) is 0 Å². The Kier molecular flexibility index (Phi) is 4.44. The predicted molar refractivity (Wildman–Crippen MR) is 74.3 cm³/mol. The van der Waals surface area contributed by atoms with E-state index in [1.807, 2.05) is 24.3 Å². The lowest BCUT2D eigenvalue weighted by Gasteiger charge is -2.07. The van der Waals surface area contributed by atoms with Crippen LogP contribution in [0, 0.1) is 0 Å². The van der Waals surface area contributed by atoms with Gasteiger partial charge in [-0.05, 0) is 39.7 Å². The number of pyridine rings is 1. The summed E-state index contributed by atoms with van der Waals surface area (Å²) in [5, 5.41) is 0.568. The highest BCUT2D eigenvalue weighted by Crippen LogP contribution is 2.25. The zero-order chi connectivity index (χ0) is 13.0. The number of aromatic nitrogens is 1. The third kappa shape index (κ3) is 3.37. The number of hydrogen-bond acceptors (Lipinski definition) is 3. The molecule has 0 spiro atoms. The van der Waals surface area contributed by atoms with Crippen molar-refractivity contribution in [3.63, 3.8) is 0 Å². The van der Waals surface area contributed by atoms with Crippen LogP contribution in [0.15, 0.2) is 41.0 Å². The van der Waals surface area contributed by atoms with Crippen LogP contribution in [-0.2, 0) is 6.61 Å². The van der Waals surface area contributed by atoms with E-state index in [1.54, 1.807) is 19.4 Å². The Morgan fingerprint density at radius 1 is 1.28 bits per heavy atom. The summed E-state index contributed by atoms with van der Waals surface area (Å²) < 4.78 is 11.4. The lowest BCUT2D eigenvalue weighted by Crippen LogP contribution is -1.98. The first-order chi connectivity index (χ1) is 8.69. The second-order valence-electron chi connectivity index (χ2n) is 3.58. The highest BCUT2D eigenvalue weighted by atomic mass is 79.9. The number of ether oxygens (including phenoxy) is 2. The molecule has 1 heterocycles. The van der Waals surface area contributed by atoms with Crippen LogP contribution >= 0.6 is 27.5 Å². The molecule has 0 amide bonds. The van der Waals surface area contributed by atoms with Crippen LogP contribution in [0.3, 0.4) is 0 Å². The van der Waals surface area contributed by atoms with Crippen molar-refractivity contribution < 1.29 is 9.47 Å². The molecular weight excluding hydrogens is 318 g/mol. The minimum atomic E-state index is 0.442.